The van der Waals surface area contributed by atoms with Crippen LogP contribution in [0.5, 0.6) is 0 Å². The molecule has 2 amide bonds. The van der Waals surface area contributed by atoms with Crippen LogP contribution in [0, 0.1) is 5.92 Å². The van der Waals surface area contributed by atoms with Crippen molar-refractivity contribution in [1.29, 1.82) is 0 Å². The summed E-state index contributed by atoms with van der Waals surface area (Å²) < 4.78 is 10.8. The fraction of sp³-hybridized carbons (Fsp3) is 0.267. The van der Waals surface area contributed by atoms with E-state index in [-0.39, 0.29) is 6.61 Å². The highest BCUT2D eigenvalue weighted by atomic mass is 16.5. The number of ether oxygens (including phenoxy) is 2. The van der Waals surface area contributed by atoms with E-state index in [0.717, 1.165) is 4.90 Å². The van der Waals surface area contributed by atoms with Crippen LogP contribution in [0.15, 0.2) is 84.9 Å². The molecule has 4 atom stereocenters. The van der Waals surface area contributed by atoms with Crippen molar-refractivity contribution in [3.05, 3.63) is 96.1 Å². The Balaban J connectivity index is 1.93. The SMILES string of the molecule is CCOC(=O)[C@@H]1[C@@H](C(=O)OC)[C@]2(C(=O)N(C(C)=O)c3ccccc32)[C@@H](c2ccccc2)N1c1ccccc1. The normalized spacial score (nSPS) is 23.9. The van der Waals surface area contributed by atoms with Crippen LogP contribution < -0.4 is 9.80 Å². The van der Waals surface area contributed by atoms with E-state index in [9.17, 15) is 19.2 Å². The number of para-hydroxylation sites is 2. The predicted molar refractivity (Wildman–Crippen MR) is 140 cm³/mol. The predicted octanol–water partition coefficient (Wildman–Crippen LogP) is 3.80. The lowest BCUT2D eigenvalue weighted by atomic mass is 9.65. The van der Waals surface area contributed by atoms with E-state index in [1.807, 2.05) is 60.7 Å². The van der Waals surface area contributed by atoms with E-state index in [1.165, 1.54) is 14.0 Å². The number of fused-ring (bicyclic) bond motifs is 2. The van der Waals surface area contributed by atoms with Crippen LogP contribution in [0.25, 0.3) is 0 Å². The molecule has 8 heteroatoms. The summed E-state index contributed by atoms with van der Waals surface area (Å²) in [5, 5.41) is 0. The number of amides is 2. The van der Waals surface area contributed by atoms with E-state index in [4.69, 9.17) is 9.47 Å². The Kier molecular flexibility index (Phi) is 6.48. The number of rotatable bonds is 5. The molecule has 0 saturated carbocycles. The van der Waals surface area contributed by atoms with Gasteiger partial charge in [-0.2, -0.15) is 0 Å². The van der Waals surface area contributed by atoms with E-state index < -0.39 is 47.2 Å². The van der Waals surface area contributed by atoms with Crippen molar-refractivity contribution in [3.63, 3.8) is 0 Å². The van der Waals surface area contributed by atoms with Gasteiger partial charge in [0.2, 0.25) is 11.8 Å². The maximum atomic E-state index is 14.7. The highest BCUT2D eigenvalue weighted by molar-refractivity contribution is 6.24. The number of esters is 2. The minimum absolute atomic E-state index is 0.0823. The second-order valence-corrected chi connectivity index (χ2v) is 9.30. The van der Waals surface area contributed by atoms with E-state index in [1.54, 1.807) is 36.1 Å². The van der Waals surface area contributed by atoms with Crippen LogP contribution in [0.1, 0.15) is 31.0 Å². The summed E-state index contributed by atoms with van der Waals surface area (Å²) in [4.78, 5) is 58.0. The molecule has 2 heterocycles. The van der Waals surface area contributed by atoms with Gasteiger partial charge in [0.1, 0.15) is 17.4 Å². The Bertz CT molecular complexity index is 1390. The molecule has 1 saturated heterocycles. The first kappa shape index (κ1) is 25.2. The number of nitrogens with zero attached hydrogens (tertiary/aromatic N) is 2. The van der Waals surface area contributed by atoms with Gasteiger partial charge in [-0.3, -0.25) is 14.4 Å². The first-order valence-electron chi connectivity index (χ1n) is 12.5. The average Bonchev–Trinajstić information content (AvgIpc) is 3.40. The molecule has 8 nitrogen and oxygen atoms in total. The topological polar surface area (TPSA) is 93.2 Å². The number of methoxy groups -OCH3 is 1. The van der Waals surface area contributed by atoms with Crippen molar-refractivity contribution < 1.29 is 28.7 Å². The summed E-state index contributed by atoms with van der Waals surface area (Å²) >= 11 is 0. The highest BCUT2D eigenvalue weighted by Gasteiger charge is 2.73. The zero-order chi connectivity index (χ0) is 27.0. The third-order valence-corrected chi connectivity index (χ3v) is 7.43. The largest absolute Gasteiger partial charge is 0.469 e. The molecule has 0 unspecified atom stereocenters. The maximum Gasteiger partial charge on any atom is 0.329 e. The Morgan fingerprint density at radius 2 is 1.47 bits per heavy atom. The fourth-order valence-corrected chi connectivity index (χ4v) is 6.15. The summed E-state index contributed by atoms with van der Waals surface area (Å²) in [5.41, 5.74) is 0.529. The van der Waals surface area contributed by atoms with Gasteiger partial charge in [-0.05, 0) is 36.2 Å². The first-order valence-corrected chi connectivity index (χ1v) is 12.5. The zero-order valence-corrected chi connectivity index (χ0v) is 21.4. The maximum absolute atomic E-state index is 14.7. The van der Waals surface area contributed by atoms with E-state index in [2.05, 4.69) is 0 Å². The molecule has 2 aliphatic rings. The van der Waals surface area contributed by atoms with Crippen molar-refractivity contribution in [1.82, 2.24) is 0 Å². The summed E-state index contributed by atoms with van der Waals surface area (Å²) in [7, 11) is 1.23. The Morgan fingerprint density at radius 1 is 0.868 bits per heavy atom. The van der Waals surface area contributed by atoms with Gasteiger partial charge in [0.15, 0.2) is 0 Å². The molecule has 0 aliphatic carbocycles. The van der Waals surface area contributed by atoms with E-state index >= 15 is 0 Å². The van der Waals surface area contributed by atoms with Crippen LogP contribution in [-0.2, 0) is 34.1 Å². The minimum Gasteiger partial charge on any atom is -0.469 e. The number of hydrogen-bond acceptors (Lipinski definition) is 7. The Labute approximate surface area is 220 Å². The molecule has 3 aromatic rings. The first-order chi connectivity index (χ1) is 18.4. The molecule has 5 rings (SSSR count). The second-order valence-electron chi connectivity index (χ2n) is 9.30. The van der Waals surface area contributed by atoms with Gasteiger partial charge in [0, 0.05) is 12.6 Å². The third-order valence-electron chi connectivity index (χ3n) is 7.43. The molecule has 1 spiro atoms. The van der Waals surface area contributed by atoms with Crippen molar-refractivity contribution in [2.24, 2.45) is 5.92 Å². The van der Waals surface area contributed by atoms with E-state index in [0.29, 0.717) is 22.5 Å². The van der Waals surface area contributed by atoms with Gasteiger partial charge >= 0.3 is 11.9 Å². The average molecular weight is 513 g/mol. The third kappa shape index (κ3) is 3.51. The van der Waals surface area contributed by atoms with Gasteiger partial charge in [0.05, 0.1) is 25.4 Å². The number of carbonyl (C=O) groups excluding carboxylic acids is 4. The highest BCUT2D eigenvalue weighted by Crippen LogP contribution is 2.62. The number of imide groups is 1. The smallest absolute Gasteiger partial charge is 0.329 e. The van der Waals surface area contributed by atoms with Crippen LogP contribution >= 0.6 is 0 Å². The van der Waals surface area contributed by atoms with Crippen LogP contribution in [0.3, 0.4) is 0 Å². The molecule has 0 N–H and O–H groups in total. The molecular formula is C30H28N2O6. The number of benzene rings is 3. The molecule has 0 bridgehead atoms. The fourth-order valence-electron chi connectivity index (χ4n) is 6.15. The molecule has 3 aromatic carbocycles. The quantitative estimate of drug-likeness (QED) is 0.480. The lowest BCUT2D eigenvalue weighted by molar-refractivity contribution is -0.157. The van der Waals surface area contributed by atoms with Crippen LogP contribution in [0.4, 0.5) is 11.4 Å². The van der Waals surface area contributed by atoms with Crippen molar-refractivity contribution in [2.75, 3.05) is 23.5 Å². The molecule has 1 fully saturated rings. The van der Waals surface area contributed by atoms with Gasteiger partial charge in [-0.25, -0.2) is 9.69 Å². The van der Waals surface area contributed by atoms with Crippen LogP contribution in [-0.4, -0.2) is 43.5 Å². The van der Waals surface area contributed by atoms with Gasteiger partial charge in [-0.1, -0.05) is 66.7 Å². The molecule has 38 heavy (non-hydrogen) atoms. The van der Waals surface area contributed by atoms with Crippen molar-refractivity contribution in [2.45, 2.75) is 31.3 Å². The van der Waals surface area contributed by atoms with Crippen molar-refractivity contribution >= 4 is 35.1 Å². The summed E-state index contributed by atoms with van der Waals surface area (Å²) in [6, 6.07) is 23.3. The lowest BCUT2D eigenvalue weighted by Crippen LogP contribution is -2.52. The monoisotopic (exact) mass is 512 g/mol. The summed E-state index contributed by atoms with van der Waals surface area (Å²) in [5.74, 6) is -3.77. The number of carbonyl (C=O) groups is 4. The summed E-state index contributed by atoms with van der Waals surface area (Å²) in [6.07, 6.45) is 0. The van der Waals surface area contributed by atoms with Gasteiger partial charge in [-0.15, -0.1) is 0 Å². The van der Waals surface area contributed by atoms with Gasteiger partial charge in [0.25, 0.3) is 0 Å². The molecule has 194 valence electrons. The standard InChI is InChI=1S/C30H28N2O6/c1-4-38-28(35)25-24(27(34)37-3)30(22-17-11-12-18-23(22)31(19(2)33)29(30)36)26(20-13-7-5-8-14-20)32(25)21-15-9-6-10-16-21/h5-18,24-26H,4H2,1-3H3/t24-,25-,26+,30-/m0/s1. The number of anilines is 2. The second kappa shape index (κ2) is 9.78. The van der Waals surface area contributed by atoms with Crippen molar-refractivity contribution in [3.8, 4) is 0 Å². The molecule has 2 aliphatic heterocycles. The molecule has 0 radical (unpaired) electrons. The van der Waals surface area contributed by atoms with Crippen LogP contribution in [0.2, 0.25) is 0 Å². The Morgan fingerprint density at radius 3 is 2.08 bits per heavy atom. The lowest BCUT2D eigenvalue weighted by Gasteiger charge is -2.37. The Hall–Kier alpha value is -4.46. The minimum atomic E-state index is -1.66. The summed E-state index contributed by atoms with van der Waals surface area (Å²) in [6.45, 7) is 3.08. The zero-order valence-electron chi connectivity index (χ0n) is 21.4. The number of hydrogen-bond donors (Lipinski definition) is 0. The van der Waals surface area contributed by atoms with Gasteiger partial charge < -0.3 is 14.4 Å². The molecular weight excluding hydrogens is 484 g/mol. The molecule has 0 aromatic heterocycles.